The number of carbonyl (C=O) groups excluding carboxylic acids is 1. The van der Waals surface area contributed by atoms with Gasteiger partial charge in [-0.15, -0.1) is 0 Å². The van der Waals surface area contributed by atoms with E-state index in [2.05, 4.69) is 4.98 Å². The van der Waals surface area contributed by atoms with Gasteiger partial charge in [0.25, 0.3) is 5.91 Å². The van der Waals surface area contributed by atoms with Crippen LogP contribution in [0.5, 0.6) is 0 Å². The largest absolute Gasteiger partial charge is 0.396 e. The molecule has 1 unspecified atom stereocenters. The van der Waals surface area contributed by atoms with E-state index in [1.165, 1.54) is 0 Å². The van der Waals surface area contributed by atoms with Crippen molar-refractivity contribution in [2.24, 2.45) is 0 Å². The quantitative estimate of drug-likeness (QED) is 0.735. The summed E-state index contributed by atoms with van der Waals surface area (Å²) in [4.78, 5) is 18.9. The second-order valence-corrected chi connectivity index (χ2v) is 6.18. The van der Waals surface area contributed by atoms with Crippen LogP contribution in [0.2, 0.25) is 0 Å². The molecule has 0 bridgehead atoms. The highest BCUT2D eigenvalue weighted by Crippen LogP contribution is 2.25. The fraction of sp³-hybridized carbons (Fsp3) is 0.182. The Kier molecular flexibility index (Phi) is 5.77. The molecule has 3 rings (SSSR count). The Morgan fingerprint density at radius 1 is 1.00 bits per heavy atom. The third kappa shape index (κ3) is 3.98. The van der Waals surface area contributed by atoms with Crippen LogP contribution in [-0.2, 0) is 0 Å². The average molecular weight is 346 g/mol. The highest BCUT2D eigenvalue weighted by Gasteiger charge is 2.22. The van der Waals surface area contributed by atoms with E-state index >= 15 is 0 Å². The minimum absolute atomic E-state index is 0.0134. The Bertz CT molecular complexity index is 850. The molecule has 2 aromatic carbocycles. The van der Waals surface area contributed by atoms with E-state index in [1.54, 1.807) is 24.3 Å². The number of hydrogen-bond donors (Lipinski definition) is 1. The molecule has 0 saturated carbocycles. The van der Waals surface area contributed by atoms with Crippen molar-refractivity contribution in [2.45, 2.75) is 12.5 Å². The number of carbonyl (C=O) groups is 1. The predicted molar refractivity (Wildman–Crippen MR) is 103 cm³/mol. The topological polar surface area (TPSA) is 53.4 Å². The number of nitrogens with zero attached hydrogens (tertiary/aromatic N) is 2. The van der Waals surface area contributed by atoms with Crippen LogP contribution in [0.1, 0.15) is 28.4 Å². The maximum absolute atomic E-state index is 13.0. The molecule has 1 N–H and O–H groups in total. The Balaban J connectivity index is 1.88. The van der Waals surface area contributed by atoms with Gasteiger partial charge in [-0.05, 0) is 23.6 Å². The van der Waals surface area contributed by atoms with E-state index in [-0.39, 0.29) is 18.6 Å². The molecule has 26 heavy (non-hydrogen) atoms. The van der Waals surface area contributed by atoms with Crippen LogP contribution >= 0.6 is 0 Å². The minimum Gasteiger partial charge on any atom is -0.396 e. The first-order chi connectivity index (χ1) is 12.7. The predicted octanol–water partition coefficient (Wildman–Crippen LogP) is 3.94. The van der Waals surface area contributed by atoms with E-state index in [1.807, 2.05) is 66.7 Å². The molecule has 4 heteroatoms. The monoisotopic (exact) mass is 346 g/mol. The normalized spacial score (nSPS) is 11.8. The molecule has 0 aliphatic rings. The van der Waals surface area contributed by atoms with Gasteiger partial charge in [0.2, 0.25) is 0 Å². The number of aliphatic hydroxyl groups is 1. The SMILES string of the molecule is CN(C(=O)c1cncc(-c2ccccc2)c1)C(CCO)c1ccccc1. The molecular formula is C22H22N2O2. The lowest BCUT2D eigenvalue weighted by molar-refractivity contribution is 0.0705. The Morgan fingerprint density at radius 2 is 1.65 bits per heavy atom. The van der Waals surface area contributed by atoms with Crippen LogP contribution in [0.15, 0.2) is 79.1 Å². The standard InChI is InChI=1S/C22H22N2O2/c1-24(21(12-13-25)18-10-6-3-7-11-18)22(26)20-14-19(15-23-16-20)17-8-4-2-5-9-17/h2-11,14-16,21,25H,12-13H2,1H3. The Morgan fingerprint density at radius 3 is 2.31 bits per heavy atom. The Hall–Kier alpha value is -2.98. The zero-order chi connectivity index (χ0) is 18.4. The summed E-state index contributed by atoms with van der Waals surface area (Å²) in [6.07, 6.45) is 3.83. The molecule has 0 aliphatic carbocycles. The summed E-state index contributed by atoms with van der Waals surface area (Å²) in [6, 6.07) is 21.3. The van der Waals surface area contributed by atoms with Crippen molar-refractivity contribution in [2.75, 3.05) is 13.7 Å². The van der Waals surface area contributed by atoms with Crippen LogP contribution in [0.3, 0.4) is 0 Å². The molecule has 1 amide bonds. The van der Waals surface area contributed by atoms with Gasteiger partial charge in [-0.25, -0.2) is 0 Å². The van der Waals surface area contributed by atoms with E-state index in [9.17, 15) is 9.90 Å². The number of amides is 1. The van der Waals surface area contributed by atoms with Crippen molar-refractivity contribution in [1.29, 1.82) is 0 Å². The molecule has 0 radical (unpaired) electrons. The maximum Gasteiger partial charge on any atom is 0.255 e. The number of pyridine rings is 1. The summed E-state index contributed by atoms with van der Waals surface area (Å²) in [5.41, 5.74) is 3.47. The number of benzene rings is 2. The molecule has 1 atom stereocenters. The van der Waals surface area contributed by atoms with E-state index in [0.29, 0.717) is 12.0 Å². The van der Waals surface area contributed by atoms with Crippen molar-refractivity contribution >= 4 is 5.91 Å². The summed E-state index contributed by atoms with van der Waals surface area (Å²) >= 11 is 0. The van der Waals surface area contributed by atoms with Crippen molar-refractivity contribution in [3.63, 3.8) is 0 Å². The highest BCUT2D eigenvalue weighted by molar-refractivity contribution is 5.95. The van der Waals surface area contributed by atoms with Gasteiger partial charge in [0.1, 0.15) is 0 Å². The van der Waals surface area contributed by atoms with Gasteiger partial charge in [0.05, 0.1) is 11.6 Å². The molecule has 0 saturated heterocycles. The van der Waals surface area contributed by atoms with Gasteiger partial charge < -0.3 is 10.0 Å². The summed E-state index contributed by atoms with van der Waals surface area (Å²) in [5.74, 6) is -0.113. The first-order valence-electron chi connectivity index (χ1n) is 8.64. The third-order valence-corrected chi connectivity index (χ3v) is 4.47. The molecule has 0 aliphatic heterocycles. The number of hydrogen-bond acceptors (Lipinski definition) is 3. The van der Waals surface area contributed by atoms with E-state index < -0.39 is 0 Å². The van der Waals surface area contributed by atoms with Crippen LogP contribution in [0.25, 0.3) is 11.1 Å². The zero-order valence-electron chi connectivity index (χ0n) is 14.7. The number of aromatic nitrogens is 1. The molecular weight excluding hydrogens is 324 g/mol. The molecule has 1 aromatic heterocycles. The summed E-state index contributed by atoms with van der Waals surface area (Å²) < 4.78 is 0. The highest BCUT2D eigenvalue weighted by atomic mass is 16.3. The van der Waals surface area contributed by atoms with Crippen LogP contribution in [0, 0.1) is 0 Å². The molecule has 0 spiro atoms. The zero-order valence-corrected chi connectivity index (χ0v) is 14.7. The van der Waals surface area contributed by atoms with Gasteiger partial charge >= 0.3 is 0 Å². The summed E-state index contributed by atoms with van der Waals surface area (Å²) in [7, 11) is 1.77. The second kappa shape index (κ2) is 8.41. The molecule has 1 heterocycles. The van der Waals surface area contributed by atoms with Gasteiger partial charge in [-0.3, -0.25) is 9.78 Å². The van der Waals surface area contributed by atoms with Gasteiger partial charge in [0, 0.05) is 31.6 Å². The molecule has 0 fully saturated rings. The Labute approximate surface area is 153 Å². The lowest BCUT2D eigenvalue weighted by Gasteiger charge is -2.28. The fourth-order valence-corrected chi connectivity index (χ4v) is 3.07. The van der Waals surface area contributed by atoms with Crippen molar-refractivity contribution in [3.05, 3.63) is 90.3 Å². The van der Waals surface area contributed by atoms with Crippen molar-refractivity contribution in [1.82, 2.24) is 9.88 Å². The molecule has 3 aromatic rings. The lowest BCUT2D eigenvalue weighted by Crippen LogP contribution is -2.32. The van der Waals surface area contributed by atoms with Crippen LogP contribution in [0.4, 0.5) is 0 Å². The first-order valence-corrected chi connectivity index (χ1v) is 8.64. The summed E-state index contributed by atoms with van der Waals surface area (Å²) in [5, 5.41) is 9.44. The van der Waals surface area contributed by atoms with Gasteiger partial charge in [0.15, 0.2) is 0 Å². The number of aliphatic hydroxyl groups excluding tert-OH is 1. The maximum atomic E-state index is 13.0. The van der Waals surface area contributed by atoms with Crippen molar-refractivity contribution < 1.29 is 9.90 Å². The van der Waals surface area contributed by atoms with Crippen molar-refractivity contribution in [3.8, 4) is 11.1 Å². The number of rotatable bonds is 6. The third-order valence-electron chi connectivity index (χ3n) is 4.47. The summed E-state index contributed by atoms with van der Waals surface area (Å²) in [6.45, 7) is 0.0134. The van der Waals surface area contributed by atoms with E-state index in [0.717, 1.165) is 16.7 Å². The fourth-order valence-electron chi connectivity index (χ4n) is 3.07. The van der Waals surface area contributed by atoms with Crippen LogP contribution < -0.4 is 0 Å². The van der Waals surface area contributed by atoms with E-state index in [4.69, 9.17) is 0 Å². The molecule has 132 valence electrons. The van der Waals surface area contributed by atoms with Gasteiger partial charge in [-0.2, -0.15) is 0 Å². The second-order valence-electron chi connectivity index (χ2n) is 6.18. The molecule has 4 nitrogen and oxygen atoms in total. The first kappa shape index (κ1) is 17.8. The van der Waals surface area contributed by atoms with Crippen LogP contribution in [-0.4, -0.2) is 34.6 Å². The average Bonchev–Trinajstić information content (AvgIpc) is 2.72. The minimum atomic E-state index is -0.186. The smallest absolute Gasteiger partial charge is 0.255 e. The lowest BCUT2D eigenvalue weighted by atomic mass is 10.0. The van der Waals surface area contributed by atoms with Gasteiger partial charge in [-0.1, -0.05) is 60.7 Å².